The monoisotopic (exact) mass is 241 g/mol. The SMILES string of the molecule is CC1CN(C)CCCN1CC(C)(C)C(C)(C)N. The summed E-state index contributed by atoms with van der Waals surface area (Å²) in [4.78, 5) is 5.05. The van der Waals surface area contributed by atoms with Crippen LogP contribution in [0.5, 0.6) is 0 Å². The normalized spacial score (nSPS) is 25.9. The van der Waals surface area contributed by atoms with Crippen molar-refractivity contribution in [2.75, 3.05) is 33.2 Å². The van der Waals surface area contributed by atoms with Crippen molar-refractivity contribution < 1.29 is 0 Å². The molecule has 1 rings (SSSR count). The Bertz CT molecular complexity index is 242. The van der Waals surface area contributed by atoms with Gasteiger partial charge in [-0.05, 0) is 52.7 Å². The first-order valence-corrected chi connectivity index (χ1v) is 6.85. The Morgan fingerprint density at radius 1 is 1.18 bits per heavy atom. The van der Waals surface area contributed by atoms with E-state index in [0.717, 1.165) is 6.54 Å². The fourth-order valence-corrected chi connectivity index (χ4v) is 2.37. The molecule has 0 bridgehead atoms. The third kappa shape index (κ3) is 3.94. The van der Waals surface area contributed by atoms with Gasteiger partial charge in [0, 0.05) is 24.7 Å². The van der Waals surface area contributed by atoms with Gasteiger partial charge in [-0.15, -0.1) is 0 Å². The molecule has 0 amide bonds. The first-order valence-electron chi connectivity index (χ1n) is 6.85. The second kappa shape index (κ2) is 5.25. The number of nitrogens with zero attached hydrogens (tertiary/aromatic N) is 2. The van der Waals surface area contributed by atoms with Crippen molar-refractivity contribution in [3.63, 3.8) is 0 Å². The Hall–Kier alpha value is -0.120. The molecule has 1 fully saturated rings. The van der Waals surface area contributed by atoms with Crippen molar-refractivity contribution in [3.8, 4) is 0 Å². The van der Waals surface area contributed by atoms with Gasteiger partial charge in [-0.3, -0.25) is 4.90 Å². The van der Waals surface area contributed by atoms with E-state index in [1.165, 1.54) is 26.1 Å². The summed E-state index contributed by atoms with van der Waals surface area (Å²) < 4.78 is 0. The van der Waals surface area contributed by atoms with E-state index in [2.05, 4.69) is 51.5 Å². The van der Waals surface area contributed by atoms with Gasteiger partial charge in [0.2, 0.25) is 0 Å². The Labute approximate surface area is 107 Å². The highest BCUT2D eigenvalue weighted by atomic mass is 15.2. The molecule has 0 radical (unpaired) electrons. The minimum absolute atomic E-state index is 0.134. The lowest BCUT2D eigenvalue weighted by molar-refractivity contribution is 0.0888. The van der Waals surface area contributed by atoms with Gasteiger partial charge in [0.05, 0.1) is 0 Å². The molecule has 1 saturated heterocycles. The molecule has 0 saturated carbocycles. The molecule has 102 valence electrons. The lowest BCUT2D eigenvalue weighted by Gasteiger charge is -2.43. The highest BCUT2D eigenvalue weighted by Crippen LogP contribution is 2.30. The minimum Gasteiger partial charge on any atom is -0.325 e. The second-order valence-corrected chi connectivity index (χ2v) is 7.04. The maximum atomic E-state index is 6.31. The van der Waals surface area contributed by atoms with Crippen molar-refractivity contribution in [2.45, 2.75) is 52.6 Å². The van der Waals surface area contributed by atoms with Crippen LogP contribution >= 0.6 is 0 Å². The van der Waals surface area contributed by atoms with Gasteiger partial charge in [-0.25, -0.2) is 0 Å². The van der Waals surface area contributed by atoms with E-state index in [1.807, 2.05) is 0 Å². The summed E-state index contributed by atoms with van der Waals surface area (Å²) in [6, 6.07) is 0.629. The number of nitrogens with two attached hydrogens (primary N) is 1. The molecule has 1 atom stereocenters. The van der Waals surface area contributed by atoms with Crippen LogP contribution < -0.4 is 5.73 Å². The minimum atomic E-state index is -0.134. The van der Waals surface area contributed by atoms with E-state index in [-0.39, 0.29) is 11.0 Å². The molecule has 3 nitrogen and oxygen atoms in total. The van der Waals surface area contributed by atoms with Crippen LogP contribution in [0.3, 0.4) is 0 Å². The van der Waals surface area contributed by atoms with E-state index in [0.29, 0.717) is 6.04 Å². The zero-order valence-electron chi connectivity index (χ0n) is 12.6. The van der Waals surface area contributed by atoms with Gasteiger partial charge in [-0.1, -0.05) is 13.8 Å². The Morgan fingerprint density at radius 3 is 2.29 bits per heavy atom. The Balaban J connectivity index is 2.67. The smallest absolute Gasteiger partial charge is 0.0195 e. The van der Waals surface area contributed by atoms with Gasteiger partial charge in [0.25, 0.3) is 0 Å². The molecule has 0 aliphatic carbocycles. The highest BCUT2D eigenvalue weighted by molar-refractivity contribution is 4.93. The fraction of sp³-hybridized carbons (Fsp3) is 1.00. The van der Waals surface area contributed by atoms with Crippen LogP contribution in [0.2, 0.25) is 0 Å². The van der Waals surface area contributed by atoms with E-state index in [1.54, 1.807) is 0 Å². The lowest BCUT2D eigenvalue weighted by atomic mass is 9.74. The number of hydrogen-bond donors (Lipinski definition) is 1. The summed E-state index contributed by atoms with van der Waals surface area (Å²) in [5.74, 6) is 0. The number of rotatable bonds is 3. The van der Waals surface area contributed by atoms with Gasteiger partial charge in [-0.2, -0.15) is 0 Å². The van der Waals surface area contributed by atoms with Gasteiger partial charge in [0.1, 0.15) is 0 Å². The molecule has 1 unspecified atom stereocenters. The van der Waals surface area contributed by atoms with Gasteiger partial charge >= 0.3 is 0 Å². The first-order chi connectivity index (χ1) is 7.63. The molecule has 0 aromatic heterocycles. The second-order valence-electron chi connectivity index (χ2n) is 7.04. The Kier molecular flexibility index (Phi) is 4.61. The molecule has 3 heteroatoms. The summed E-state index contributed by atoms with van der Waals surface area (Å²) in [5, 5.41) is 0. The molecular weight excluding hydrogens is 210 g/mol. The van der Waals surface area contributed by atoms with Crippen LogP contribution in [0, 0.1) is 5.41 Å². The number of hydrogen-bond acceptors (Lipinski definition) is 3. The van der Waals surface area contributed by atoms with Crippen molar-refractivity contribution in [3.05, 3.63) is 0 Å². The fourth-order valence-electron chi connectivity index (χ4n) is 2.37. The van der Waals surface area contributed by atoms with E-state index in [4.69, 9.17) is 5.73 Å². The quantitative estimate of drug-likeness (QED) is 0.817. The predicted octanol–water partition coefficient (Wildman–Crippen LogP) is 1.78. The molecule has 1 heterocycles. The molecule has 17 heavy (non-hydrogen) atoms. The van der Waals surface area contributed by atoms with E-state index < -0.39 is 0 Å². The number of likely N-dealkylation sites (N-methyl/N-ethyl adjacent to an activating group) is 1. The highest BCUT2D eigenvalue weighted by Gasteiger charge is 2.36. The molecule has 0 aromatic rings. The van der Waals surface area contributed by atoms with Crippen LogP contribution in [-0.2, 0) is 0 Å². The average Bonchev–Trinajstić information content (AvgIpc) is 2.26. The van der Waals surface area contributed by atoms with Crippen LogP contribution in [0.4, 0.5) is 0 Å². The van der Waals surface area contributed by atoms with Crippen molar-refractivity contribution in [1.29, 1.82) is 0 Å². The summed E-state index contributed by atoms with van der Waals surface area (Å²) in [6.45, 7) is 15.9. The lowest BCUT2D eigenvalue weighted by Crippen LogP contribution is -2.54. The van der Waals surface area contributed by atoms with Crippen LogP contribution in [0.1, 0.15) is 41.0 Å². The van der Waals surface area contributed by atoms with Crippen molar-refractivity contribution in [1.82, 2.24) is 9.80 Å². The topological polar surface area (TPSA) is 32.5 Å². The molecule has 1 aliphatic heterocycles. The van der Waals surface area contributed by atoms with Gasteiger partial charge in [0.15, 0.2) is 0 Å². The summed E-state index contributed by atoms with van der Waals surface area (Å²) in [5.41, 5.74) is 6.31. The summed E-state index contributed by atoms with van der Waals surface area (Å²) in [7, 11) is 2.22. The van der Waals surface area contributed by atoms with Crippen molar-refractivity contribution >= 4 is 0 Å². The standard InChI is InChI=1S/C14H31N3/c1-12-10-16(6)8-7-9-17(12)11-13(2,3)14(4,5)15/h12H,7-11,15H2,1-6H3. The van der Waals surface area contributed by atoms with Crippen LogP contribution in [0.25, 0.3) is 0 Å². The maximum absolute atomic E-state index is 6.31. The van der Waals surface area contributed by atoms with Gasteiger partial charge < -0.3 is 10.6 Å². The zero-order valence-corrected chi connectivity index (χ0v) is 12.6. The molecule has 0 aromatic carbocycles. The zero-order chi connectivity index (χ0) is 13.3. The third-order valence-corrected chi connectivity index (χ3v) is 4.53. The maximum Gasteiger partial charge on any atom is 0.0195 e. The molecular formula is C14H31N3. The average molecular weight is 241 g/mol. The summed E-state index contributed by atoms with van der Waals surface area (Å²) >= 11 is 0. The predicted molar refractivity (Wildman–Crippen MR) is 75.2 cm³/mol. The molecule has 1 aliphatic rings. The largest absolute Gasteiger partial charge is 0.325 e. The first kappa shape index (κ1) is 14.9. The summed E-state index contributed by atoms with van der Waals surface area (Å²) in [6.07, 6.45) is 1.27. The van der Waals surface area contributed by atoms with Crippen LogP contribution in [-0.4, -0.2) is 54.6 Å². The Morgan fingerprint density at radius 2 is 1.76 bits per heavy atom. The van der Waals surface area contributed by atoms with E-state index >= 15 is 0 Å². The van der Waals surface area contributed by atoms with Crippen LogP contribution in [0.15, 0.2) is 0 Å². The molecule has 0 spiro atoms. The molecule has 2 N–H and O–H groups in total. The van der Waals surface area contributed by atoms with Crippen molar-refractivity contribution in [2.24, 2.45) is 11.1 Å². The van der Waals surface area contributed by atoms with E-state index in [9.17, 15) is 0 Å². The third-order valence-electron chi connectivity index (χ3n) is 4.53.